The minimum absolute atomic E-state index is 0.0767. The maximum atomic E-state index is 12.0. The van der Waals surface area contributed by atoms with Crippen LogP contribution in [0.4, 0.5) is 10.7 Å². The molecule has 1 saturated heterocycles. The van der Waals surface area contributed by atoms with Gasteiger partial charge in [0.05, 0.1) is 0 Å². The zero-order valence-electron chi connectivity index (χ0n) is 12.8. The normalized spacial score (nSPS) is 15.4. The molecule has 0 N–H and O–H groups in total. The van der Waals surface area contributed by atoms with Gasteiger partial charge in [-0.3, -0.25) is 4.79 Å². The molecule has 0 bridgehead atoms. The Kier molecular flexibility index (Phi) is 4.35. The summed E-state index contributed by atoms with van der Waals surface area (Å²) in [5.41, 5.74) is -0.459. The zero-order chi connectivity index (χ0) is 16.3. The number of amides is 1. The first-order chi connectivity index (χ1) is 10.3. The van der Waals surface area contributed by atoms with E-state index in [4.69, 9.17) is 14.4 Å². The molecule has 0 aliphatic carbocycles. The van der Waals surface area contributed by atoms with Crippen LogP contribution in [0.25, 0.3) is 0 Å². The second-order valence-corrected chi connectivity index (χ2v) is 5.89. The largest absolute Gasteiger partial charge is 0.444 e. The lowest BCUT2D eigenvalue weighted by atomic mass is 10.2. The maximum Gasteiger partial charge on any atom is 0.410 e. The van der Waals surface area contributed by atoms with Crippen molar-refractivity contribution in [2.24, 2.45) is 0 Å². The second-order valence-electron chi connectivity index (χ2n) is 5.89. The number of aldehydes is 1. The highest BCUT2D eigenvalue weighted by Gasteiger charge is 2.28. The summed E-state index contributed by atoms with van der Waals surface area (Å²) in [5, 5.41) is 9.03. The van der Waals surface area contributed by atoms with Crippen molar-refractivity contribution in [1.82, 2.24) is 9.88 Å². The van der Waals surface area contributed by atoms with E-state index in [2.05, 4.69) is 4.98 Å². The van der Waals surface area contributed by atoms with Gasteiger partial charge in [0, 0.05) is 26.2 Å². The lowest BCUT2D eigenvalue weighted by Gasteiger charge is -2.35. The number of carbonyl (C=O) groups excluding carboxylic acids is 2. The van der Waals surface area contributed by atoms with Gasteiger partial charge in [-0.2, -0.15) is 10.2 Å². The van der Waals surface area contributed by atoms with Crippen molar-refractivity contribution in [2.75, 3.05) is 31.1 Å². The van der Waals surface area contributed by atoms with Crippen molar-refractivity contribution in [3.8, 4) is 6.07 Å². The summed E-state index contributed by atoms with van der Waals surface area (Å²) in [6, 6.07) is 1.90. The van der Waals surface area contributed by atoms with E-state index in [1.165, 1.54) is 0 Å². The molecule has 118 valence electrons. The fraction of sp³-hybridized carbons (Fsp3) is 0.571. The summed E-state index contributed by atoms with van der Waals surface area (Å²) in [7, 11) is 0. The number of rotatable bonds is 2. The molecule has 1 aromatic rings. The fourth-order valence-corrected chi connectivity index (χ4v) is 2.08. The molecule has 1 amide bonds. The topological polar surface area (TPSA) is 99.7 Å². The van der Waals surface area contributed by atoms with Crippen molar-refractivity contribution in [1.29, 1.82) is 5.26 Å². The number of nitrogens with zero attached hydrogens (tertiary/aromatic N) is 4. The van der Waals surface area contributed by atoms with Crippen LogP contribution >= 0.6 is 0 Å². The molecule has 1 aliphatic rings. The molecule has 8 heteroatoms. The Labute approximate surface area is 128 Å². The first-order valence-electron chi connectivity index (χ1n) is 6.93. The first kappa shape index (κ1) is 15.8. The third-order valence-corrected chi connectivity index (χ3v) is 3.05. The van der Waals surface area contributed by atoms with Gasteiger partial charge in [-0.15, -0.1) is 0 Å². The van der Waals surface area contributed by atoms with Crippen molar-refractivity contribution in [3.05, 3.63) is 11.6 Å². The zero-order valence-corrected chi connectivity index (χ0v) is 12.8. The van der Waals surface area contributed by atoms with Gasteiger partial charge in [-0.05, 0) is 20.8 Å². The summed E-state index contributed by atoms with van der Waals surface area (Å²) in [6.45, 7) is 7.28. The molecule has 0 radical (unpaired) electrons. The van der Waals surface area contributed by atoms with E-state index < -0.39 is 5.60 Å². The van der Waals surface area contributed by atoms with Gasteiger partial charge >= 0.3 is 6.09 Å². The van der Waals surface area contributed by atoms with Gasteiger partial charge in [-0.25, -0.2) is 4.79 Å². The summed E-state index contributed by atoms with van der Waals surface area (Å²) < 4.78 is 10.6. The van der Waals surface area contributed by atoms with E-state index in [0.717, 1.165) is 0 Å². The molecule has 8 nitrogen and oxygen atoms in total. The Balaban J connectivity index is 2.01. The quantitative estimate of drug-likeness (QED) is 0.762. The Morgan fingerprint density at radius 3 is 2.50 bits per heavy atom. The number of piperazine rings is 1. The molecule has 22 heavy (non-hydrogen) atoms. The van der Waals surface area contributed by atoms with Crippen molar-refractivity contribution >= 4 is 18.3 Å². The van der Waals surface area contributed by atoms with Crippen LogP contribution in [0.3, 0.4) is 0 Å². The third-order valence-electron chi connectivity index (χ3n) is 3.05. The van der Waals surface area contributed by atoms with E-state index in [9.17, 15) is 9.59 Å². The molecule has 1 fully saturated rings. The Morgan fingerprint density at radius 2 is 2.00 bits per heavy atom. The molecular formula is C14H18N4O4. The highest BCUT2D eigenvalue weighted by Crippen LogP contribution is 2.22. The molecule has 0 spiro atoms. The van der Waals surface area contributed by atoms with Gasteiger partial charge in [0.25, 0.3) is 5.89 Å². The molecule has 1 aliphatic heterocycles. The van der Waals surface area contributed by atoms with Crippen molar-refractivity contribution in [2.45, 2.75) is 26.4 Å². The van der Waals surface area contributed by atoms with Crippen LogP contribution in [0.2, 0.25) is 0 Å². The molecule has 0 saturated carbocycles. The lowest BCUT2D eigenvalue weighted by molar-refractivity contribution is 0.0239. The number of ether oxygens (including phenoxy) is 1. The molecule has 1 aromatic heterocycles. The monoisotopic (exact) mass is 306 g/mol. The molecule has 2 heterocycles. The summed E-state index contributed by atoms with van der Waals surface area (Å²) in [5.74, 6) is 0.148. The average Bonchev–Trinajstić information content (AvgIpc) is 2.89. The van der Waals surface area contributed by atoms with Gasteiger partial charge in [-0.1, -0.05) is 0 Å². The summed E-state index contributed by atoms with van der Waals surface area (Å²) in [4.78, 5) is 29.8. The minimum atomic E-state index is -0.536. The van der Waals surface area contributed by atoms with Crippen LogP contribution < -0.4 is 4.90 Å². The van der Waals surface area contributed by atoms with Gasteiger partial charge < -0.3 is 19.0 Å². The predicted octanol–water partition coefficient (Wildman–Crippen LogP) is 1.42. The molecule has 0 atom stereocenters. The standard InChI is InChI=1S/C14H18N4O4/c1-14(2,3)22-13(20)18-6-4-17(5-7-18)12-10(8-15)16-11(9-19)21-12/h9H,4-7H2,1-3H3. The Hall–Kier alpha value is -2.56. The number of hydrogen-bond acceptors (Lipinski definition) is 7. The molecule has 0 aromatic carbocycles. The summed E-state index contributed by atoms with van der Waals surface area (Å²) >= 11 is 0. The average molecular weight is 306 g/mol. The number of aromatic nitrogens is 1. The van der Waals surface area contributed by atoms with E-state index in [1.807, 2.05) is 26.8 Å². The number of nitriles is 1. The van der Waals surface area contributed by atoms with E-state index >= 15 is 0 Å². The minimum Gasteiger partial charge on any atom is -0.444 e. The van der Waals surface area contributed by atoms with Crippen molar-refractivity contribution < 1.29 is 18.7 Å². The van der Waals surface area contributed by atoms with E-state index in [0.29, 0.717) is 32.5 Å². The molecular weight excluding hydrogens is 288 g/mol. The second kappa shape index (κ2) is 6.05. The van der Waals surface area contributed by atoms with Crippen LogP contribution in [0.5, 0.6) is 0 Å². The van der Waals surface area contributed by atoms with Crippen LogP contribution in [0.15, 0.2) is 4.42 Å². The van der Waals surface area contributed by atoms with Crippen LogP contribution in [-0.4, -0.2) is 54.0 Å². The number of anilines is 1. The predicted molar refractivity (Wildman–Crippen MR) is 76.6 cm³/mol. The van der Waals surface area contributed by atoms with Crippen LogP contribution in [-0.2, 0) is 4.74 Å². The third kappa shape index (κ3) is 3.55. The van der Waals surface area contributed by atoms with Gasteiger partial charge in [0.1, 0.15) is 11.7 Å². The Bertz CT molecular complexity index is 603. The number of hydrogen-bond donors (Lipinski definition) is 0. The van der Waals surface area contributed by atoms with E-state index in [-0.39, 0.29) is 23.6 Å². The number of oxazole rings is 1. The maximum absolute atomic E-state index is 12.0. The fourth-order valence-electron chi connectivity index (χ4n) is 2.08. The van der Waals surface area contributed by atoms with E-state index in [1.54, 1.807) is 9.80 Å². The summed E-state index contributed by atoms with van der Waals surface area (Å²) in [6.07, 6.45) is 0.0974. The SMILES string of the molecule is CC(C)(C)OC(=O)N1CCN(c2oc(C=O)nc2C#N)CC1. The molecule has 0 unspecified atom stereocenters. The highest BCUT2D eigenvalue weighted by molar-refractivity contribution is 5.70. The Morgan fingerprint density at radius 1 is 1.36 bits per heavy atom. The number of carbonyl (C=O) groups is 2. The van der Waals surface area contributed by atoms with Crippen molar-refractivity contribution in [3.63, 3.8) is 0 Å². The van der Waals surface area contributed by atoms with Crippen LogP contribution in [0.1, 0.15) is 37.2 Å². The first-order valence-corrected chi connectivity index (χ1v) is 6.93. The van der Waals surface area contributed by atoms with Gasteiger partial charge in [0.2, 0.25) is 17.9 Å². The van der Waals surface area contributed by atoms with Gasteiger partial charge in [0.15, 0.2) is 0 Å². The smallest absolute Gasteiger partial charge is 0.410 e. The highest BCUT2D eigenvalue weighted by atomic mass is 16.6. The molecule has 2 rings (SSSR count). The lowest BCUT2D eigenvalue weighted by Crippen LogP contribution is -2.50. The van der Waals surface area contributed by atoms with Crippen LogP contribution in [0, 0.1) is 11.3 Å².